The normalized spacial score (nSPS) is 8.82. The summed E-state index contributed by atoms with van der Waals surface area (Å²) in [6.45, 7) is 5.35. The summed E-state index contributed by atoms with van der Waals surface area (Å²) in [6.07, 6.45) is 1.70. The van der Waals surface area contributed by atoms with Gasteiger partial charge in [-0.1, -0.05) is 6.58 Å². The van der Waals surface area contributed by atoms with Gasteiger partial charge in [-0.15, -0.1) is 5.73 Å². The van der Waals surface area contributed by atoms with E-state index in [9.17, 15) is 0 Å². The summed E-state index contributed by atoms with van der Waals surface area (Å²) in [5.41, 5.74) is 10.7. The lowest BCUT2D eigenvalue weighted by Crippen LogP contribution is -1.90. The minimum Gasteiger partial charge on any atom is -0.399 e. The molecule has 0 atom stereocenters. The molecule has 0 aliphatic carbocycles. The van der Waals surface area contributed by atoms with Gasteiger partial charge in [0.15, 0.2) is 0 Å². The fourth-order valence-corrected chi connectivity index (χ4v) is 0.900. The summed E-state index contributed by atoms with van der Waals surface area (Å²) >= 11 is 0. The monoisotopic (exact) mass is 146 g/mol. The van der Waals surface area contributed by atoms with Gasteiger partial charge in [0, 0.05) is 17.5 Å². The van der Waals surface area contributed by atoms with Crippen LogP contribution in [0.3, 0.4) is 0 Å². The smallest absolute Gasteiger partial charge is 0.0730 e. The van der Waals surface area contributed by atoms with Gasteiger partial charge in [0.25, 0.3) is 0 Å². The zero-order chi connectivity index (χ0) is 8.27. The quantitative estimate of drug-likeness (QED) is 0.613. The lowest BCUT2D eigenvalue weighted by Gasteiger charge is -1.96. The molecule has 0 saturated heterocycles. The third kappa shape index (κ3) is 1.95. The summed E-state index contributed by atoms with van der Waals surface area (Å²) in [4.78, 5) is 4.19. The first-order valence-electron chi connectivity index (χ1n) is 3.32. The third-order valence-electron chi connectivity index (χ3n) is 1.25. The van der Waals surface area contributed by atoms with Crippen LogP contribution >= 0.6 is 0 Å². The first-order valence-corrected chi connectivity index (χ1v) is 3.32. The molecule has 0 spiro atoms. The maximum absolute atomic E-state index is 5.58. The number of nitrogen functional groups attached to an aromatic ring is 1. The maximum Gasteiger partial charge on any atom is 0.0730 e. The fraction of sp³-hybridized carbons (Fsp3) is 0.111. The van der Waals surface area contributed by atoms with Gasteiger partial charge in [0.2, 0.25) is 0 Å². The molecule has 1 aromatic heterocycles. The molecule has 56 valence electrons. The van der Waals surface area contributed by atoms with E-state index in [0.717, 1.165) is 17.1 Å². The van der Waals surface area contributed by atoms with E-state index in [-0.39, 0.29) is 0 Å². The van der Waals surface area contributed by atoms with Crippen molar-refractivity contribution in [2.45, 2.75) is 6.92 Å². The molecule has 0 radical (unpaired) electrons. The molecule has 0 aliphatic heterocycles. The Hall–Kier alpha value is -1.53. The van der Waals surface area contributed by atoms with Gasteiger partial charge in [-0.05, 0) is 19.1 Å². The van der Waals surface area contributed by atoms with Crippen LogP contribution in [0.15, 0.2) is 24.4 Å². The number of nitrogens with zero attached hydrogens (tertiary/aromatic N) is 1. The van der Waals surface area contributed by atoms with Crippen LogP contribution < -0.4 is 5.73 Å². The zero-order valence-corrected chi connectivity index (χ0v) is 6.46. The van der Waals surface area contributed by atoms with Crippen molar-refractivity contribution >= 4 is 11.8 Å². The van der Waals surface area contributed by atoms with Crippen molar-refractivity contribution in [3.63, 3.8) is 0 Å². The van der Waals surface area contributed by atoms with Gasteiger partial charge in [0.1, 0.15) is 0 Å². The predicted octanol–water partition coefficient (Wildman–Crippen LogP) is 1.77. The standard InChI is InChI=1S/C9H10N2/c1-3-4-9-6-8(10)5-7(2)11-9/h4-6H,1H2,2H3,(H2,10,11). The Kier molecular flexibility index (Phi) is 2.09. The minimum atomic E-state index is 0.721. The molecule has 0 bridgehead atoms. The van der Waals surface area contributed by atoms with Gasteiger partial charge < -0.3 is 5.73 Å². The third-order valence-corrected chi connectivity index (χ3v) is 1.25. The highest BCUT2D eigenvalue weighted by atomic mass is 14.7. The summed E-state index contributed by atoms with van der Waals surface area (Å²) in [6, 6.07) is 3.60. The summed E-state index contributed by atoms with van der Waals surface area (Å²) < 4.78 is 0. The molecule has 1 aromatic rings. The number of aryl methyl sites for hydroxylation is 1. The van der Waals surface area contributed by atoms with Crippen LogP contribution in [0.4, 0.5) is 5.69 Å². The van der Waals surface area contributed by atoms with Crippen molar-refractivity contribution in [1.29, 1.82) is 0 Å². The number of nitrogens with two attached hydrogens (primary N) is 1. The topological polar surface area (TPSA) is 38.9 Å². The highest BCUT2D eigenvalue weighted by Crippen LogP contribution is 2.07. The summed E-state index contributed by atoms with van der Waals surface area (Å²) in [7, 11) is 0. The second-order valence-corrected chi connectivity index (χ2v) is 2.32. The Morgan fingerprint density at radius 2 is 2.36 bits per heavy atom. The Morgan fingerprint density at radius 1 is 1.64 bits per heavy atom. The highest BCUT2D eigenvalue weighted by Gasteiger charge is 1.92. The Bertz CT molecular complexity index is 289. The Labute approximate surface area is 66.1 Å². The molecule has 0 aromatic carbocycles. The van der Waals surface area contributed by atoms with Crippen LogP contribution in [0.2, 0.25) is 0 Å². The van der Waals surface area contributed by atoms with Crippen molar-refractivity contribution in [2.24, 2.45) is 0 Å². The average molecular weight is 146 g/mol. The van der Waals surface area contributed by atoms with E-state index >= 15 is 0 Å². The lowest BCUT2D eigenvalue weighted by molar-refractivity contribution is 1.18. The van der Waals surface area contributed by atoms with Gasteiger partial charge >= 0.3 is 0 Å². The summed E-state index contributed by atoms with van der Waals surface area (Å²) in [5.74, 6) is 0. The van der Waals surface area contributed by atoms with Gasteiger partial charge in [-0.3, -0.25) is 4.98 Å². The highest BCUT2D eigenvalue weighted by molar-refractivity contribution is 5.51. The van der Waals surface area contributed by atoms with E-state index in [4.69, 9.17) is 5.73 Å². The van der Waals surface area contributed by atoms with E-state index in [1.165, 1.54) is 0 Å². The van der Waals surface area contributed by atoms with Crippen molar-refractivity contribution in [1.82, 2.24) is 4.98 Å². The van der Waals surface area contributed by atoms with Gasteiger partial charge in [-0.25, -0.2) is 0 Å². The van der Waals surface area contributed by atoms with E-state index in [1.54, 1.807) is 12.1 Å². The fourth-order valence-electron chi connectivity index (χ4n) is 0.900. The van der Waals surface area contributed by atoms with E-state index in [0.29, 0.717) is 0 Å². The van der Waals surface area contributed by atoms with Crippen LogP contribution in [0.25, 0.3) is 6.08 Å². The van der Waals surface area contributed by atoms with Crippen molar-refractivity contribution in [3.05, 3.63) is 35.8 Å². The van der Waals surface area contributed by atoms with E-state index in [2.05, 4.69) is 17.3 Å². The zero-order valence-electron chi connectivity index (χ0n) is 6.46. The molecular formula is C9H10N2. The van der Waals surface area contributed by atoms with Crippen LogP contribution in [0.5, 0.6) is 0 Å². The average Bonchev–Trinajstić information content (AvgIpc) is 1.85. The van der Waals surface area contributed by atoms with Crippen molar-refractivity contribution < 1.29 is 0 Å². The van der Waals surface area contributed by atoms with Gasteiger partial charge in [-0.2, -0.15) is 0 Å². The summed E-state index contributed by atoms with van der Waals surface area (Å²) in [5, 5.41) is 0. The van der Waals surface area contributed by atoms with Crippen LogP contribution in [0, 0.1) is 6.92 Å². The predicted molar refractivity (Wildman–Crippen MR) is 47.0 cm³/mol. The molecule has 11 heavy (non-hydrogen) atoms. The molecule has 2 N–H and O–H groups in total. The maximum atomic E-state index is 5.58. The van der Waals surface area contributed by atoms with Crippen LogP contribution in [-0.2, 0) is 0 Å². The number of hydrogen-bond acceptors (Lipinski definition) is 2. The van der Waals surface area contributed by atoms with E-state index < -0.39 is 0 Å². The van der Waals surface area contributed by atoms with Gasteiger partial charge in [0.05, 0.1) is 5.69 Å². The molecule has 2 heteroatoms. The SMILES string of the molecule is C=C=Cc1cc(N)cc(C)n1. The molecule has 0 amide bonds. The largest absolute Gasteiger partial charge is 0.399 e. The molecule has 0 unspecified atom stereocenters. The van der Waals surface area contributed by atoms with E-state index in [1.807, 2.05) is 13.0 Å². The van der Waals surface area contributed by atoms with Crippen molar-refractivity contribution in [2.75, 3.05) is 5.73 Å². The molecule has 2 nitrogen and oxygen atoms in total. The lowest BCUT2D eigenvalue weighted by atomic mass is 10.3. The molecular weight excluding hydrogens is 136 g/mol. The second kappa shape index (κ2) is 3.04. The molecule has 0 saturated carbocycles. The molecule has 1 rings (SSSR count). The Balaban J connectivity index is 3.18. The molecule has 0 fully saturated rings. The first kappa shape index (κ1) is 7.58. The number of rotatable bonds is 1. The second-order valence-electron chi connectivity index (χ2n) is 2.32. The minimum absolute atomic E-state index is 0.721. The Morgan fingerprint density at radius 3 is 2.91 bits per heavy atom. The number of aromatic nitrogens is 1. The number of anilines is 1. The van der Waals surface area contributed by atoms with Crippen LogP contribution in [-0.4, -0.2) is 4.98 Å². The molecule has 0 aliphatic rings. The first-order chi connectivity index (χ1) is 5.22. The van der Waals surface area contributed by atoms with Crippen LogP contribution in [0.1, 0.15) is 11.4 Å². The molecule has 1 heterocycles. The number of hydrogen-bond donors (Lipinski definition) is 1. The number of pyridine rings is 1. The van der Waals surface area contributed by atoms with Crippen molar-refractivity contribution in [3.8, 4) is 0 Å².